The average Bonchev–Trinajstić information content (AvgIpc) is 1.66. The molecular weight excluding hydrogens is 1630 g/mol. The Balaban J connectivity index is 0.000000356. The first-order chi connectivity index (χ1) is 58.6. The topological polar surface area (TPSA) is 620 Å². The Kier molecular flexibility index (Phi) is 44.0. The molecule has 640 valence electrons. The van der Waals surface area contributed by atoms with Gasteiger partial charge in [0, 0.05) is 107 Å². The third-order valence-electron chi connectivity index (χ3n) is 14.7. The van der Waals surface area contributed by atoms with Crippen LogP contribution in [0.25, 0.3) is 0 Å². The molecule has 7 aromatic heterocycles. The van der Waals surface area contributed by atoms with Crippen LogP contribution in [0.2, 0.25) is 0 Å². The van der Waals surface area contributed by atoms with E-state index in [1.807, 2.05) is 72.8 Å². The number of nitrogens with two attached hydrogens (primary N) is 3. The van der Waals surface area contributed by atoms with Crippen molar-refractivity contribution in [3.63, 3.8) is 0 Å². The highest BCUT2D eigenvalue weighted by Gasteiger charge is 2.29. The molecule has 15 N–H and O–H groups in total. The second-order valence-electron chi connectivity index (χ2n) is 23.3. The summed E-state index contributed by atoms with van der Waals surface area (Å²) in [6.45, 7) is 4.72. The van der Waals surface area contributed by atoms with Crippen molar-refractivity contribution >= 4 is 118 Å². The number of halogens is 1. The molecule has 39 nitrogen and oxygen atoms in total. The number of benzene rings is 4. The smallest absolute Gasteiger partial charge is 0.348 e. The number of nitrogen functional groups attached to an aromatic ring is 2. The number of nitrogens with one attached hydrogen (secondary N) is 3. The Hall–Kier alpha value is -17.0. The van der Waals surface area contributed by atoms with Gasteiger partial charge in [-0.3, -0.25) is 69.0 Å². The van der Waals surface area contributed by atoms with Crippen molar-refractivity contribution in [3.05, 3.63) is 304 Å². The van der Waals surface area contributed by atoms with Gasteiger partial charge in [0.1, 0.15) is 29.3 Å². The number of aromatic nitrogens is 7. The van der Waals surface area contributed by atoms with Crippen LogP contribution >= 0.6 is 11.6 Å². The molecular formula is C83H80ClN13O26. The quantitative estimate of drug-likeness (QED) is 0.0125. The highest BCUT2D eigenvalue weighted by atomic mass is 35.5. The van der Waals surface area contributed by atoms with Crippen LogP contribution in [0, 0.1) is 0 Å². The fourth-order valence-electron chi connectivity index (χ4n) is 8.82. The van der Waals surface area contributed by atoms with E-state index >= 15 is 0 Å². The third-order valence-corrected chi connectivity index (χ3v) is 15.0. The van der Waals surface area contributed by atoms with E-state index in [2.05, 4.69) is 66.0 Å². The number of imide groups is 1. The highest BCUT2D eigenvalue weighted by molar-refractivity contribution is 6.21. The Morgan fingerprint density at radius 3 is 1.00 bits per heavy atom. The van der Waals surface area contributed by atoms with E-state index < -0.39 is 59.7 Å². The number of cyclic esters (lactones) is 2. The number of nitrogens with zero attached hydrogens (tertiary/aromatic N) is 7. The molecule has 4 aromatic carbocycles. The molecule has 0 fully saturated rings. The van der Waals surface area contributed by atoms with Crippen LogP contribution in [0.1, 0.15) is 151 Å². The van der Waals surface area contributed by atoms with Gasteiger partial charge in [-0.05, 0) is 120 Å². The maximum absolute atomic E-state index is 11.0. The number of pyridine rings is 7. The van der Waals surface area contributed by atoms with Crippen molar-refractivity contribution in [3.8, 4) is 23.0 Å². The fourth-order valence-corrected chi connectivity index (χ4v) is 9.00. The molecule has 9 heterocycles. The largest absolute Gasteiger partial charge is 0.497 e. The Labute approximate surface area is 704 Å². The zero-order valence-electron chi connectivity index (χ0n) is 66.1. The first-order valence-electron chi connectivity index (χ1n) is 34.7. The molecule has 13 rings (SSSR count). The summed E-state index contributed by atoms with van der Waals surface area (Å²) in [6, 6.07) is 39.5. The molecule has 0 spiro atoms. The van der Waals surface area contributed by atoms with Crippen molar-refractivity contribution in [1.29, 1.82) is 0 Å². The Bertz CT molecular complexity index is 5050. The summed E-state index contributed by atoms with van der Waals surface area (Å²) < 4.78 is 28.3. The monoisotopic (exact) mass is 1710 g/mol. The number of carboxylic acid groups (broad SMARTS) is 6. The summed E-state index contributed by atoms with van der Waals surface area (Å²) in [5.74, 6) is -6.15. The number of carbonyl (C=O) groups excluding carboxylic acids is 8. The minimum Gasteiger partial charge on any atom is -0.497 e. The van der Waals surface area contributed by atoms with E-state index in [0.717, 1.165) is 58.2 Å². The van der Waals surface area contributed by atoms with Gasteiger partial charge in [0.25, 0.3) is 11.8 Å². The van der Waals surface area contributed by atoms with Gasteiger partial charge in [-0.1, -0.05) is 36.4 Å². The van der Waals surface area contributed by atoms with Gasteiger partial charge in [-0.15, -0.1) is 11.6 Å². The van der Waals surface area contributed by atoms with Crippen LogP contribution in [0.3, 0.4) is 0 Å². The molecule has 123 heavy (non-hydrogen) atoms. The van der Waals surface area contributed by atoms with E-state index in [0.29, 0.717) is 52.6 Å². The maximum Gasteiger partial charge on any atom is 0.348 e. The Morgan fingerprint density at radius 1 is 0.390 bits per heavy atom. The van der Waals surface area contributed by atoms with Crippen LogP contribution in [-0.4, -0.2) is 178 Å². The number of esters is 4. The van der Waals surface area contributed by atoms with Crippen molar-refractivity contribution in [2.45, 2.75) is 39.7 Å². The first-order valence-corrected chi connectivity index (χ1v) is 35.2. The van der Waals surface area contributed by atoms with Crippen molar-refractivity contribution in [2.75, 3.05) is 50.5 Å². The average molecular weight is 1710 g/mol. The van der Waals surface area contributed by atoms with Gasteiger partial charge < -0.3 is 86.9 Å². The van der Waals surface area contributed by atoms with Crippen LogP contribution < -0.4 is 52.1 Å². The lowest BCUT2D eigenvalue weighted by Crippen LogP contribution is -2.19. The molecule has 2 aliphatic heterocycles. The second kappa shape index (κ2) is 54.0. The lowest BCUT2D eigenvalue weighted by Gasteiger charge is -2.09. The molecule has 0 radical (unpaired) electrons. The number of aldehydes is 1. The molecule has 0 aliphatic carbocycles. The van der Waals surface area contributed by atoms with Gasteiger partial charge in [-0.25, -0.2) is 38.4 Å². The van der Waals surface area contributed by atoms with E-state index in [-0.39, 0.29) is 68.0 Å². The van der Waals surface area contributed by atoms with Gasteiger partial charge in [0.2, 0.25) is 5.91 Å². The first kappa shape index (κ1) is 100. The fraction of sp³-hybridized carbons (Fsp3) is 0.120. The molecule has 40 heteroatoms. The summed E-state index contributed by atoms with van der Waals surface area (Å²) in [6.07, 6.45) is 20.0. The summed E-state index contributed by atoms with van der Waals surface area (Å²) in [7, 11) is 6.47. The number of amides is 3. The van der Waals surface area contributed by atoms with Crippen molar-refractivity contribution in [2.24, 2.45) is 5.73 Å². The predicted octanol–water partition coefficient (Wildman–Crippen LogP) is 9.89. The number of rotatable bonds is 18. The molecule has 0 saturated heterocycles. The number of ether oxygens (including phenoxy) is 6. The summed E-state index contributed by atoms with van der Waals surface area (Å²) in [5, 5.41) is 60.3. The number of methoxy groups -OCH3 is 4. The number of hydrogen-bond acceptors (Lipinski definition) is 31. The van der Waals surface area contributed by atoms with Gasteiger partial charge in [0.05, 0.1) is 132 Å². The second-order valence-corrected chi connectivity index (χ2v) is 23.6. The van der Waals surface area contributed by atoms with Crippen molar-refractivity contribution in [1.82, 2.24) is 40.2 Å². The van der Waals surface area contributed by atoms with E-state index in [1.165, 1.54) is 138 Å². The van der Waals surface area contributed by atoms with Crippen LogP contribution in [0.15, 0.2) is 226 Å². The zero-order valence-corrected chi connectivity index (χ0v) is 66.9. The predicted molar refractivity (Wildman–Crippen MR) is 441 cm³/mol. The number of hydrogen-bond donors (Lipinski definition) is 12. The number of carbonyl (C=O) groups is 14. The van der Waals surface area contributed by atoms with E-state index in [1.54, 1.807) is 52.7 Å². The molecule has 2 aliphatic rings. The molecule has 3 amide bonds. The number of carboxylic acids is 6. The van der Waals surface area contributed by atoms with Crippen LogP contribution in [0.4, 0.5) is 22.7 Å². The van der Waals surface area contributed by atoms with Gasteiger partial charge >= 0.3 is 59.7 Å². The van der Waals surface area contributed by atoms with Gasteiger partial charge in [0.15, 0.2) is 0 Å². The molecule has 11 aromatic rings. The minimum atomic E-state index is -1.29. The molecule has 0 unspecified atom stereocenters. The maximum atomic E-state index is 11.0. The molecule has 0 bridgehead atoms. The van der Waals surface area contributed by atoms with Crippen LogP contribution in [0.5, 0.6) is 23.0 Å². The van der Waals surface area contributed by atoms with Gasteiger partial charge in [-0.2, -0.15) is 0 Å². The lowest BCUT2D eigenvalue weighted by molar-refractivity contribution is -0.156. The van der Waals surface area contributed by atoms with E-state index in [9.17, 15) is 67.1 Å². The number of aromatic carboxylic acids is 6. The normalized spacial score (nSPS) is 10.2. The minimum absolute atomic E-state index is 0.0926. The highest BCUT2D eigenvalue weighted by Crippen LogP contribution is 2.22. The SMILES string of the molecule is CC(=O)OC(C)=O.CC(N)=O.COc1ccc(C=O)cc1.COc1ccc(CCl)cc1.COc1ccc(CNc2cnccc2C(=O)O)cc1.COc1ccc(CNc2cnccc2C(=O)O)cc1.Nc1cnccc1C(=O)O.Nc1cnccc1C(=O)O.O=C(O)c1ccncc1C(=O)O.O=C1NC(=O)c2cnccc21.O=C1OC(=O)c2cnccc21. The number of anilines is 4. The number of primary amides is 1. The van der Waals surface area contributed by atoms with E-state index in [4.69, 9.17) is 72.7 Å². The standard InChI is InChI=1S/2C14H14N2O3.C8H9ClO.C8H8O2.C7H4N2O2.C7H5NO4.C7H3NO3.2C6H6N2O2.C4H6O3.C2H5NO/c2*1-19-11-4-2-10(3-5-11)8-16-13-9-15-7-6-12(13)14(17)18;2*1-10-8-4-2-7(6-9)3-5-8;10-6-4-1-2-8-3-5(4)7(11)9-6;9-6(10)4-1-2-8-3-5(4)7(11)12;9-6-4-1-2-8-3-5(4)7(10)11-6;2*7-5-3-8-2-1-4(5)6(9)10;1-3(5)7-4(2)6;1-2(3)4/h2*2-7,9,16H,8H2,1H3,(H,17,18);2-5H,6H2,1H3;2-6H,1H3;1-3H,(H,9,10,11);1-3H,(H,9,10)(H,11,12);1-3H;2*1-3H,7H2,(H,9,10);1-2H3;1H3,(H2,3,4). The van der Waals surface area contributed by atoms with Crippen molar-refractivity contribution < 1.29 is 126 Å². The van der Waals surface area contributed by atoms with Crippen LogP contribution in [-0.2, 0) is 42.8 Å². The summed E-state index contributed by atoms with van der Waals surface area (Å²) in [4.78, 5) is 172. The zero-order chi connectivity index (χ0) is 91.5. The summed E-state index contributed by atoms with van der Waals surface area (Å²) in [5.41, 5.74) is 21.6. The summed E-state index contributed by atoms with van der Waals surface area (Å²) >= 11 is 5.58. The molecule has 0 atom stereocenters. The number of fused-ring (bicyclic) bond motifs is 2. The Morgan fingerprint density at radius 2 is 0.691 bits per heavy atom. The molecule has 0 saturated carbocycles. The lowest BCUT2D eigenvalue weighted by atomic mass is 10.1. The number of alkyl halides is 1. The third kappa shape index (κ3) is 36.8.